The number of nitrogens with zero attached hydrogens (tertiary/aromatic N) is 5. The van der Waals surface area contributed by atoms with Crippen LogP contribution < -0.4 is 10.7 Å². The minimum atomic E-state index is -0.983. The molecule has 2 aromatic heterocycles. The van der Waals surface area contributed by atoms with Gasteiger partial charge in [0.25, 0.3) is 5.91 Å². The van der Waals surface area contributed by atoms with E-state index in [2.05, 4.69) is 77.4 Å². The van der Waals surface area contributed by atoms with Crippen LogP contribution in [0.5, 0.6) is 0 Å². The van der Waals surface area contributed by atoms with Gasteiger partial charge in [0, 0.05) is 74.3 Å². The predicted molar refractivity (Wildman–Crippen MR) is 248 cm³/mol. The molecule has 2 aromatic carbocycles. The van der Waals surface area contributed by atoms with Crippen molar-refractivity contribution < 1.29 is 28.7 Å². The first-order valence-electron chi connectivity index (χ1n) is 23.5. The van der Waals surface area contributed by atoms with Crippen LogP contribution in [0.1, 0.15) is 96.6 Å². The first-order valence-corrected chi connectivity index (χ1v) is 23.5. The number of amides is 3. The largest absolute Gasteiger partial charge is 0.464 e. The molecule has 8 rings (SSSR count). The van der Waals surface area contributed by atoms with E-state index in [1.54, 1.807) is 19.1 Å². The molecule has 342 valence electrons. The number of likely N-dealkylation sites (tertiary alicyclic amines) is 1. The van der Waals surface area contributed by atoms with Crippen molar-refractivity contribution in [2.24, 2.45) is 17.3 Å². The Morgan fingerprint density at radius 1 is 1.02 bits per heavy atom. The third-order valence-electron chi connectivity index (χ3n) is 13.9. The Kier molecular flexibility index (Phi) is 13.3. The Hall–Kier alpha value is -5.11. The highest BCUT2D eigenvalue weighted by molar-refractivity contribution is 5.96. The fraction of sp³-hybridized carbons (Fsp3) is 0.549. The predicted octanol–water partition coefficient (Wildman–Crippen LogP) is 6.71. The fourth-order valence-electron chi connectivity index (χ4n) is 10.4. The summed E-state index contributed by atoms with van der Waals surface area (Å²) in [7, 11) is 3.42. The van der Waals surface area contributed by atoms with Gasteiger partial charge in [-0.1, -0.05) is 58.0 Å². The lowest BCUT2D eigenvalue weighted by molar-refractivity contribution is -0.155. The van der Waals surface area contributed by atoms with E-state index in [-0.39, 0.29) is 48.7 Å². The first kappa shape index (κ1) is 45.5. The number of esters is 1. The van der Waals surface area contributed by atoms with Crippen molar-refractivity contribution in [3.05, 3.63) is 77.6 Å². The molecular weight excluding hydrogens is 807 g/mol. The van der Waals surface area contributed by atoms with Gasteiger partial charge in [-0.25, -0.2) is 5.43 Å². The highest BCUT2D eigenvalue weighted by Gasteiger charge is 2.42. The van der Waals surface area contributed by atoms with Crippen LogP contribution in [0, 0.1) is 17.3 Å². The Labute approximate surface area is 378 Å². The second-order valence-electron chi connectivity index (χ2n) is 19.7. The quantitative estimate of drug-likeness (QED) is 0.167. The number of cyclic esters (lactones) is 1. The number of benzene rings is 2. The lowest BCUT2D eigenvalue weighted by Gasteiger charge is -2.37. The lowest BCUT2D eigenvalue weighted by Crippen LogP contribution is -2.62. The summed E-state index contributed by atoms with van der Waals surface area (Å²) in [5.74, 6) is -1.54. The number of fused-ring (bicyclic) bond motifs is 6. The van der Waals surface area contributed by atoms with Crippen LogP contribution in [-0.2, 0) is 48.0 Å². The van der Waals surface area contributed by atoms with Crippen LogP contribution in [-0.4, -0.2) is 113 Å². The van der Waals surface area contributed by atoms with E-state index >= 15 is 0 Å². The molecule has 2 N–H and O–H groups in total. The maximum atomic E-state index is 14.7. The molecule has 13 nitrogen and oxygen atoms in total. The van der Waals surface area contributed by atoms with Crippen molar-refractivity contribution in [1.82, 2.24) is 35.1 Å². The molecule has 3 amide bonds. The van der Waals surface area contributed by atoms with Crippen molar-refractivity contribution in [2.45, 2.75) is 123 Å². The Balaban J connectivity index is 1.18. The Morgan fingerprint density at radius 3 is 2.53 bits per heavy atom. The number of carbonyl (C=O) groups is 4. The number of methoxy groups -OCH3 is 1. The van der Waals surface area contributed by atoms with Crippen LogP contribution in [0.25, 0.3) is 33.3 Å². The molecule has 3 aliphatic heterocycles. The minimum Gasteiger partial charge on any atom is -0.464 e. The smallest absolute Gasteiger partial charge is 0.324 e. The third-order valence-corrected chi connectivity index (χ3v) is 13.9. The van der Waals surface area contributed by atoms with Gasteiger partial charge in [-0.05, 0) is 111 Å². The van der Waals surface area contributed by atoms with Crippen LogP contribution in [0.3, 0.4) is 0 Å². The molecule has 5 heterocycles. The topological polar surface area (TPSA) is 138 Å². The highest BCUT2D eigenvalue weighted by atomic mass is 16.5. The van der Waals surface area contributed by atoms with Crippen LogP contribution in [0.4, 0.5) is 0 Å². The summed E-state index contributed by atoms with van der Waals surface area (Å²) in [4.78, 5) is 65.9. The molecule has 0 radical (unpaired) electrons. The first-order chi connectivity index (χ1) is 30.7. The zero-order valence-corrected chi connectivity index (χ0v) is 39.0. The van der Waals surface area contributed by atoms with Crippen molar-refractivity contribution in [3.8, 4) is 22.4 Å². The van der Waals surface area contributed by atoms with Gasteiger partial charge in [-0.15, -0.1) is 0 Å². The fourth-order valence-corrected chi connectivity index (χ4v) is 10.4. The standard InChI is InChI=1S/C51H67N7O6/c1-9-57-43-20-17-35-27-39(43)40(46(57)38-15-11-22-52-44(38)32(4)63-8)28-51(5,6)30-64-50(62)41-16-12-23-58(54-41)49(61)42(26-33-13-10-14-34(35)25-33)53-47(59)45(31(2)3)55(7)48(60)36-21-24-56(29-36)37-18-19-37/h10-11,13-15,17,20,22,25,27,31-32,36-37,41-42,45,54H,9,12,16,18-19,21,23-24,26,28-30H2,1-8H3,(H,53,59)/t32-,36-,41-,42-,45?/m0/s1. The van der Waals surface area contributed by atoms with E-state index in [0.717, 1.165) is 76.2 Å². The van der Waals surface area contributed by atoms with Gasteiger partial charge in [-0.2, -0.15) is 0 Å². The Morgan fingerprint density at radius 2 is 1.80 bits per heavy atom. The molecule has 1 unspecified atom stereocenters. The third kappa shape index (κ3) is 9.35. The number of pyridine rings is 1. The average Bonchev–Trinajstić information content (AvgIpc) is 3.95. The lowest BCUT2D eigenvalue weighted by atomic mass is 9.84. The monoisotopic (exact) mass is 874 g/mol. The zero-order valence-electron chi connectivity index (χ0n) is 39.0. The van der Waals surface area contributed by atoms with E-state index in [9.17, 15) is 19.2 Å². The molecule has 4 aliphatic rings. The Bertz CT molecular complexity index is 2390. The summed E-state index contributed by atoms with van der Waals surface area (Å²) in [6, 6.07) is 16.9. The maximum absolute atomic E-state index is 14.7. The molecular formula is C51H67N7O6. The van der Waals surface area contributed by atoms with Gasteiger partial charge in [0.15, 0.2) is 0 Å². The minimum absolute atomic E-state index is 0.0325. The van der Waals surface area contributed by atoms with Crippen molar-refractivity contribution in [2.75, 3.05) is 40.4 Å². The number of carbonyl (C=O) groups excluding carboxylic acids is 4. The maximum Gasteiger partial charge on any atom is 0.324 e. The van der Waals surface area contributed by atoms with Crippen LogP contribution in [0.2, 0.25) is 0 Å². The number of aromatic nitrogens is 2. The molecule has 6 bridgehead atoms. The zero-order chi connectivity index (χ0) is 45.4. The number of hydrogen-bond acceptors (Lipinski definition) is 9. The second kappa shape index (κ2) is 18.8. The summed E-state index contributed by atoms with van der Waals surface area (Å²) in [6.07, 6.45) is 6.61. The van der Waals surface area contributed by atoms with Crippen molar-refractivity contribution in [1.29, 1.82) is 0 Å². The number of likely N-dealkylation sites (N-methyl/N-ethyl adjacent to an activating group) is 1. The molecule has 0 spiro atoms. The van der Waals surface area contributed by atoms with Gasteiger partial charge in [0.1, 0.15) is 18.1 Å². The SMILES string of the molecule is CCn1c(-c2cccnc2[C@H](C)OC)c2c3cc(ccc31)-c1cccc(c1)C[C@H](NC(=O)C(C(C)C)N(C)C(=O)[C@H]1CCN(C3CC3)C1)C(=O)N1CCC[C@H](N1)C(=O)OCC(C)(C)C2. The van der Waals surface area contributed by atoms with Gasteiger partial charge < -0.3 is 24.3 Å². The number of hydrogen-bond donors (Lipinski definition) is 2. The molecule has 64 heavy (non-hydrogen) atoms. The van der Waals surface area contributed by atoms with E-state index in [1.807, 2.05) is 45.2 Å². The molecule has 1 aliphatic carbocycles. The van der Waals surface area contributed by atoms with Gasteiger partial charge in [0.05, 0.1) is 30.0 Å². The molecule has 1 saturated carbocycles. The van der Waals surface area contributed by atoms with E-state index < -0.39 is 29.5 Å². The van der Waals surface area contributed by atoms with Gasteiger partial charge in [-0.3, -0.25) is 34.1 Å². The summed E-state index contributed by atoms with van der Waals surface area (Å²) in [5.41, 5.74) is 10.7. The molecule has 13 heteroatoms. The van der Waals surface area contributed by atoms with Crippen LogP contribution in [0.15, 0.2) is 60.8 Å². The molecule has 5 atom stereocenters. The molecule has 2 saturated heterocycles. The van der Waals surface area contributed by atoms with E-state index in [4.69, 9.17) is 14.5 Å². The van der Waals surface area contributed by atoms with E-state index in [0.29, 0.717) is 31.8 Å². The normalized spacial score (nSPS) is 22.8. The number of rotatable bonds is 10. The summed E-state index contributed by atoms with van der Waals surface area (Å²) >= 11 is 0. The van der Waals surface area contributed by atoms with Gasteiger partial charge >= 0.3 is 5.97 Å². The summed E-state index contributed by atoms with van der Waals surface area (Å²) < 4.78 is 14.3. The number of nitrogens with one attached hydrogen (secondary N) is 2. The number of ether oxygens (including phenoxy) is 2. The number of hydrazine groups is 1. The average molecular weight is 874 g/mol. The van der Waals surface area contributed by atoms with Crippen molar-refractivity contribution >= 4 is 34.6 Å². The summed E-state index contributed by atoms with van der Waals surface area (Å²) in [5, 5.41) is 5.71. The summed E-state index contributed by atoms with van der Waals surface area (Å²) in [6.45, 7) is 15.2. The molecule has 4 aromatic rings. The van der Waals surface area contributed by atoms with Gasteiger partial charge in [0.2, 0.25) is 11.8 Å². The number of aryl methyl sites for hydroxylation is 1. The van der Waals surface area contributed by atoms with Crippen LogP contribution >= 0.6 is 0 Å². The second-order valence-corrected chi connectivity index (χ2v) is 19.7. The van der Waals surface area contributed by atoms with Crippen molar-refractivity contribution in [3.63, 3.8) is 0 Å². The molecule has 3 fully saturated rings. The van der Waals surface area contributed by atoms with E-state index in [1.165, 1.54) is 17.9 Å². The highest BCUT2D eigenvalue weighted by Crippen LogP contribution is 2.42.